The van der Waals surface area contributed by atoms with Crippen LogP contribution in [-0.2, 0) is 0 Å². The number of nitriles is 1. The fraction of sp³-hybridized carbons (Fsp3) is 0.143. The van der Waals surface area contributed by atoms with Gasteiger partial charge < -0.3 is 4.42 Å². The zero-order valence-corrected chi connectivity index (χ0v) is 10.7. The van der Waals surface area contributed by atoms with Gasteiger partial charge in [0, 0.05) is 10.6 Å². The van der Waals surface area contributed by atoms with Crippen LogP contribution in [0.1, 0.15) is 27.6 Å². The van der Waals surface area contributed by atoms with Crippen molar-refractivity contribution < 1.29 is 13.6 Å². The molecule has 1 aromatic carbocycles. The van der Waals surface area contributed by atoms with E-state index in [0.29, 0.717) is 5.76 Å². The van der Waals surface area contributed by atoms with Gasteiger partial charge in [0.2, 0.25) is 0 Å². The zero-order valence-electron chi connectivity index (χ0n) is 9.98. The standard InChI is InChI=1S/C14H9ClFNO2/c1-8-9(5-6-19-8)14(18)10(7-17)13-11(15)3-2-4-12(13)16/h2-6,10H,1H3. The van der Waals surface area contributed by atoms with Crippen molar-refractivity contribution in [1.82, 2.24) is 0 Å². The molecular weight excluding hydrogens is 269 g/mol. The van der Waals surface area contributed by atoms with E-state index >= 15 is 0 Å². The molecule has 3 nitrogen and oxygen atoms in total. The second-order valence-electron chi connectivity index (χ2n) is 3.95. The molecule has 2 rings (SSSR count). The van der Waals surface area contributed by atoms with Crippen LogP contribution in [0.2, 0.25) is 5.02 Å². The average Bonchev–Trinajstić information content (AvgIpc) is 2.79. The van der Waals surface area contributed by atoms with Gasteiger partial charge in [-0.2, -0.15) is 5.26 Å². The van der Waals surface area contributed by atoms with Gasteiger partial charge >= 0.3 is 0 Å². The Morgan fingerprint density at radius 1 is 1.47 bits per heavy atom. The fourth-order valence-electron chi connectivity index (χ4n) is 1.84. The lowest BCUT2D eigenvalue weighted by atomic mass is 9.91. The van der Waals surface area contributed by atoms with Gasteiger partial charge in [0.25, 0.3) is 0 Å². The van der Waals surface area contributed by atoms with E-state index in [-0.39, 0.29) is 16.1 Å². The van der Waals surface area contributed by atoms with Crippen LogP contribution < -0.4 is 0 Å². The molecule has 0 saturated carbocycles. The molecule has 1 atom stereocenters. The van der Waals surface area contributed by atoms with E-state index in [4.69, 9.17) is 21.3 Å². The summed E-state index contributed by atoms with van der Waals surface area (Å²) in [6, 6.07) is 7.29. The molecule has 0 aliphatic carbocycles. The van der Waals surface area contributed by atoms with E-state index in [1.807, 2.05) is 0 Å². The molecule has 0 N–H and O–H groups in total. The Bertz CT molecular complexity index is 652. The first-order valence-corrected chi connectivity index (χ1v) is 5.86. The molecule has 1 unspecified atom stereocenters. The van der Waals surface area contributed by atoms with Crippen molar-refractivity contribution in [3.8, 4) is 6.07 Å². The van der Waals surface area contributed by atoms with Crippen molar-refractivity contribution in [1.29, 1.82) is 5.26 Å². The number of hydrogen-bond acceptors (Lipinski definition) is 3. The normalized spacial score (nSPS) is 11.9. The van der Waals surface area contributed by atoms with E-state index in [9.17, 15) is 9.18 Å². The largest absolute Gasteiger partial charge is 0.469 e. The number of ketones is 1. The van der Waals surface area contributed by atoms with E-state index in [0.717, 1.165) is 0 Å². The molecule has 0 amide bonds. The van der Waals surface area contributed by atoms with E-state index < -0.39 is 17.5 Å². The fourth-order valence-corrected chi connectivity index (χ4v) is 2.11. The highest BCUT2D eigenvalue weighted by molar-refractivity contribution is 6.31. The molecule has 2 aromatic rings. The third-order valence-corrected chi connectivity index (χ3v) is 3.13. The van der Waals surface area contributed by atoms with Gasteiger partial charge in [0.05, 0.1) is 17.9 Å². The number of benzene rings is 1. The number of rotatable bonds is 3. The summed E-state index contributed by atoms with van der Waals surface area (Å²) in [5.74, 6) is -2.10. The summed E-state index contributed by atoms with van der Waals surface area (Å²) in [5.41, 5.74) is 0.156. The lowest BCUT2D eigenvalue weighted by Crippen LogP contribution is -2.13. The van der Waals surface area contributed by atoms with E-state index in [2.05, 4.69) is 0 Å². The molecule has 0 spiro atoms. The first kappa shape index (κ1) is 13.3. The van der Waals surface area contributed by atoms with E-state index in [1.54, 1.807) is 13.0 Å². The van der Waals surface area contributed by atoms with Crippen molar-refractivity contribution in [2.45, 2.75) is 12.8 Å². The second-order valence-corrected chi connectivity index (χ2v) is 4.36. The van der Waals surface area contributed by atoms with E-state index in [1.165, 1.54) is 30.5 Å². The van der Waals surface area contributed by atoms with Gasteiger partial charge in [-0.25, -0.2) is 4.39 Å². The Morgan fingerprint density at radius 3 is 2.74 bits per heavy atom. The van der Waals surface area contributed by atoms with Crippen molar-refractivity contribution in [2.24, 2.45) is 0 Å². The summed E-state index contributed by atoms with van der Waals surface area (Å²) in [4.78, 5) is 12.3. The smallest absolute Gasteiger partial charge is 0.188 e. The summed E-state index contributed by atoms with van der Waals surface area (Å²) < 4.78 is 18.8. The molecule has 0 aliphatic heterocycles. The lowest BCUT2D eigenvalue weighted by molar-refractivity contribution is 0.0976. The Kier molecular flexibility index (Phi) is 3.68. The molecule has 5 heteroatoms. The number of carbonyl (C=O) groups is 1. The minimum Gasteiger partial charge on any atom is -0.469 e. The number of Topliss-reactive ketones (excluding diaryl/α,β-unsaturated/α-hetero) is 1. The lowest BCUT2D eigenvalue weighted by Gasteiger charge is -2.10. The van der Waals surface area contributed by atoms with Gasteiger partial charge in [-0.1, -0.05) is 17.7 Å². The zero-order chi connectivity index (χ0) is 14.0. The number of furan rings is 1. The highest BCUT2D eigenvalue weighted by atomic mass is 35.5. The van der Waals surface area contributed by atoms with Crippen LogP contribution in [-0.4, -0.2) is 5.78 Å². The monoisotopic (exact) mass is 277 g/mol. The number of hydrogen-bond donors (Lipinski definition) is 0. The maximum Gasteiger partial charge on any atom is 0.188 e. The second kappa shape index (κ2) is 5.25. The minimum absolute atomic E-state index is 0.0565. The molecular formula is C14H9ClFNO2. The number of halogens is 2. The molecule has 96 valence electrons. The molecule has 0 bridgehead atoms. The topological polar surface area (TPSA) is 54.0 Å². The Morgan fingerprint density at radius 2 is 2.21 bits per heavy atom. The highest BCUT2D eigenvalue weighted by Gasteiger charge is 2.28. The van der Waals surface area contributed by atoms with Gasteiger partial charge in [-0.3, -0.25) is 4.79 Å². The average molecular weight is 278 g/mol. The van der Waals surface area contributed by atoms with Gasteiger partial charge in [-0.15, -0.1) is 0 Å². The number of nitrogens with zero attached hydrogens (tertiary/aromatic N) is 1. The predicted octanol–water partition coefficient (Wildman–Crippen LogP) is 3.87. The number of carbonyl (C=O) groups excluding carboxylic acids is 1. The van der Waals surface area contributed by atoms with Crippen molar-refractivity contribution in [3.05, 3.63) is 58.3 Å². The molecule has 1 aromatic heterocycles. The third-order valence-electron chi connectivity index (χ3n) is 2.80. The molecule has 0 saturated heterocycles. The van der Waals surface area contributed by atoms with Crippen LogP contribution >= 0.6 is 11.6 Å². The Labute approximate surface area is 114 Å². The summed E-state index contributed by atoms with van der Waals surface area (Å²) >= 11 is 5.88. The van der Waals surface area contributed by atoms with Crippen molar-refractivity contribution in [2.75, 3.05) is 0 Å². The first-order valence-electron chi connectivity index (χ1n) is 5.48. The Hall–Kier alpha value is -2.12. The number of aryl methyl sites for hydroxylation is 1. The maximum atomic E-state index is 13.8. The maximum absolute atomic E-state index is 13.8. The van der Waals surface area contributed by atoms with Gasteiger partial charge in [0.15, 0.2) is 5.78 Å². The van der Waals surface area contributed by atoms with Gasteiger partial charge in [-0.05, 0) is 25.1 Å². The summed E-state index contributed by atoms with van der Waals surface area (Å²) in [7, 11) is 0. The minimum atomic E-state index is -1.29. The molecule has 0 radical (unpaired) electrons. The van der Waals surface area contributed by atoms with Crippen molar-refractivity contribution in [3.63, 3.8) is 0 Å². The molecule has 0 fully saturated rings. The third kappa shape index (κ3) is 2.38. The first-order chi connectivity index (χ1) is 9.06. The molecule has 19 heavy (non-hydrogen) atoms. The van der Waals surface area contributed by atoms with Crippen LogP contribution in [0.3, 0.4) is 0 Å². The molecule has 1 heterocycles. The predicted molar refractivity (Wildman–Crippen MR) is 67.5 cm³/mol. The molecule has 0 aliphatic rings. The van der Waals surface area contributed by atoms with Crippen LogP contribution in [0, 0.1) is 24.1 Å². The van der Waals surface area contributed by atoms with Crippen LogP contribution in [0.25, 0.3) is 0 Å². The van der Waals surface area contributed by atoms with Gasteiger partial charge in [0.1, 0.15) is 17.5 Å². The summed E-state index contributed by atoms with van der Waals surface area (Å²) in [6.45, 7) is 1.60. The van der Waals surface area contributed by atoms with Crippen LogP contribution in [0.5, 0.6) is 0 Å². The summed E-state index contributed by atoms with van der Waals surface area (Å²) in [5, 5.41) is 9.22. The quantitative estimate of drug-likeness (QED) is 0.800. The highest BCUT2D eigenvalue weighted by Crippen LogP contribution is 2.30. The van der Waals surface area contributed by atoms with Crippen LogP contribution in [0.4, 0.5) is 4.39 Å². The summed E-state index contributed by atoms with van der Waals surface area (Å²) in [6.07, 6.45) is 1.35. The Balaban J connectivity index is 2.50. The van der Waals surface area contributed by atoms with Crippen molar-refractivity contribution >= 4 is 17.4 Å². The SMILES string of the molecule is Cc1occc1C(=O)C(C#N)c1c(F)cccc1Cl. The van der Waals surface area contributed by atoms with Crippen LogP contribution in [0.15, 0.2) is 34.9 Å².